The highest BCUT2D eigenvalue weighted by atomic mass is 32.2. The van der Waals surface area contributed by atoms with Crippen LogP contribution in [0.15, 0.2) is 16.7 Å². The van der Waals surface area contributed by atoms with Crippen LogP contribution in [0.5, 0.6) is 5.75 Å². The molecule has 1 heterocycles. The van der Waals surface area contributed by atoms with E-state index in [2.05, 4.69) is 15.5 Å². The molecule has 0 spiro atoms. The number of aliphatic hydroxyl groups is 1. The number of carboxylic acid groups (broad SMARTS) is 1. The smallest absolute Gasteiger partial charge is 0.336 e. The molecule has 2 rings (SSSR count). The van der Waals surface area contributed by atoms with Gasteiger partial charge in [-0.25, -0.2) is 4.79 Å². The third kappa shape index (κ3) is 5.20. The average molecular weight is 395 g/mol. The Morgan fingerprint density at radius 1 is 1.37 bits per heavy atom. The fraction of sp³-hybridized carbons (Fsp3) is 0.412. The lowest BCUT2D eigenvalue weighted by Crippen LogP contribution is -2.30. The van der Waals surface area contributed by atoms with Crippen LogP contribution in [0.3, 0.4) is 0 Å². The van der Waals surface area contributed by atoms with Gasteiger partial charge >= 0.3 is 5.97 Å². The fourth-order valence-corrected chi connectivity index (χ4v) is 3.66. The molecule has 9 nitrogen and oxygen atoms in total. The van der Waals surface area contributed by atoms with E-state index >= 15 is 0 Å². The summed E-state index contributed by atoms with van der Waals surface area (Å²) in [6.07, 6.45) is 0.453. The molecule has 0 saturated carbocycles. The predicted molar refractivity (Wildman–Crippen MR) is 97.9 cm³/mol. The number of carbonyl (C=O) groups excluding carboxylic acids is 1. The zero-order chi connectivity index (χ0) is 20.0. The summed E-state index contributed by atoms with van der Waals surface area (Å²) in [7, 11) is 1.46. The molecule has 1 atom stereocenters. The summed E-state index contributed by atoms with van der Waals surface area (Å²) in [6.45, 7) is 2.66. The molecular formula is C17H21N3O6S. The van der Waals surface area contributed by atoms with Crippen molar-refractivity contribution in [3.05, 3.63) is 40.5 Å². The molecule has 27 heavy (non-hydrogen) atoms. The van der Waals surface area contributed by atoms with Crippen LogP contribution in [0.2, 0.25) is 0 Å². The highest BCUT2D eigenvalue weighted by Gasteiger charge is 2.24. The maximum absolute atomic E-state index is 11.8. The SMILES string of the molecule is COc1ccc(C(NC(=O)CO)SCCc2nc(C)no2)c(C(=O)O)c1C. The van der Waals surface area contributed by atoms with Crippen molar-refractivity contribution in [2.75, 3.05) is 19.5 Å². The Labute approximate surface area is 160 Å². The van der Waals surface area contributed by atoms with Crippen molar-refractivity contribution in [1.29, 1.82) is 0 Å². The Bertz CT molecular complexity index is 823. The Kier molecular flexibility index (Phi) is 7.19. The largest absolute Gasteiger partial charge is 0.496 e. The molecular weight excluding hydrogens is 374 g/mol. The second-order valence-electron chi connectivity index (χ2n) is 5.62. The lowest BCUT2D eigenvalue weighted by atomic mass is 10.0. The zero-order valence-electron chi connectivity index (χ0n) is 15.2. The quantitative estimate of drug-likeness (QED) is 0.539. The number of aromatic carboxylic acids is 1. The number of amides is 1. The van der Waals surface area contributed by atoms with Crippen LogP contribution >= 0.6 is 11.8 Å². The molecule has 0 bridgehead atoms. The Hall–Kier alpha value is -2.59. The summed E-state index contributed by atoms with van der Waals surface area (Å²) >= 11 is 1.30. The Balaban J connectivity index is 2.28. The molecule has 1 unspecified atom stereocenters. The predicted octanol–water partition coefficient (Wildman–Crippen LogP) is 1.48. The number of rotatable bonds is 9. The van der Waals surface area contributed by atoms with Gasteiger partial charge in [-0.05, 0) is 25.5 Å². The molecule has 0 aliphatic rings. The number of carboxylic acids is 1. The number of nitrogens with zero attached hydrogens (tertiary/aromatic N) is 2. The van der Waals surface area contributed by atoms with Crippen molar-refractivity contribution in [3.63, 3.8) is 0 Å². The number of aryl methyl sites for hydroxylation is 2. The number of hydrogen-bond donors (Lipinski definition) is 3. The molecule has 1 amide bonds. The molecule has 2 aromatic rings. The fourth-order valence-electron chi connectivity index (χ4n) is 2.54. The van der Waals surface area contributed by atoms with Gasteiger partial charge in [0.1, 0.15) is 17.7 Å². The molecule has 0 radical (unpaired) electrons. The minimum Gasteiger partial charge on any atom is -0.496 e. The van der Waals surface area contributed by atoms with E-state index in [0.29, 0.717) is 40.8 Å². The summed E-state index contributed by atoms with van der Waals surface area (Å²) < 4.78 is 10.2. The topological polar surface area (TPSA) is 135 Å². The van der Waals surface area contributed by atoms with Gasteiger partial charge in [0.25, 0.3) is 0 Å². The molecule has 146 valence electrons. The van der Waals surface area contributed by atoms with Crippen LogP contribution in [0.25, 0.3) is 0 Å². The van der Waals surface area contributed by atoms with Crippen molar-refractivity contribution in [1.82, 2.24) is 15.5 Å². The number of benzene rings is 1. The molecule has 0 aliphatic heterocycles. The van der Waals surface area contributed by atoms with Gasteiger partial charge in [0.15, 0.2) is 5.82 Å². The van der Waals surface area contributed by atoms with Crippen molar-refractivity contribution in [2.24, 2.45) is 0 Å². The van der Waals surface area contributed by atoms with Gasteiger partial charge in [-0.1, -0.05) is 11.2 Å². The number of ether oxygens (including phenoxy) is 1. The van der Waals surface area contributed by atoms with Crippen LogP contribution < -0.4 is 10.1 Å². The number of hydrogen-bond acceptors (Lipinski definition) is 8. The van der Waals surface area contributed by atoms with Gasteiger partial charge in [-0.15, -0.1) is 11.8 Å². The van der Waals surface area contributed by atoms with E-state index in [1.54, 1.807) is 26.0 Å². The van der Waals surface area contributed by atoms with Gasteiger partial charge < -0.3 is 24.8 Å². The molecule has 1 aromatic heterocycles. The van der Waals surface area contributed by atoms with Crippen LogP contribution in [0, 0.1) is 13.8 Å². The van der Waals surface area contributed by atoms with Gasteiger partial charge in [-0.3, -0.25) is 4.79 Å². The van der Waals surface area contributed by atoms with Gasteiger partial charge in [0, 0.05) is 17.7 Å². The number of thioether (sulfide) groups is 1. The molecule has 0 fully saturated rings. The third-order valence-corrected chi connectivity index (χ3v) is 4.91. The van der Waals surface area contributed by atoms with Crippen molar-refractivity contribution in [2.45, 2.75) is 25.6 Å². The van der Waals surface area contributed by atoms with Crippen molar-refractivity contribution >= 4 is 23.6 Å². The van der Waals surface area contributed by atoms with Crippen molar-refractivity contribution < 1.29 is 29.1 Å². The van der Waals surface area contributed by atoms with Crippen molar-refractivity contribution in [3.8, 4) is 5.75 Å². The number of aliphatic hydroxyl groups excluding tert-OH is 1. The maximum Gasteiger partial charge on any atom is 0.336 e. The molecule has 1 aromatic carbocycles. The minimum atomic E-state index is -1.13. The monoisotopic (exact) mass is 395 g/mol. The second kappa shape index (κ2) is 9.38. The van der Waals surface area contributed by atoms with Gasteiger partial charge in [0.2, 0.25) is 11.8 Å². The first-order valence-electron chi connectivity index (χ1n) is 8.09. The molecule has 3 N–H and O–H groups in total. The summed E-state index contributed by atoms with van der Waals surface area (Å²) in [5, 5.41) is 24.4. The minimum absolute atomic E-state index is 0.0544. The van der Waals surface area contributed by atoms with Crippen LogP contribution in [-0.2, 0) is 11.2 Å². The first-order chi connectivity index (χ1) is 12.9. The number of carbonyl (C=O) groups is 2. The summed E-state index contributed by atoms with van der Waals surface area (Å²) in [5.41, 5.74) is 0.923. The second-order valence-corrected chi connectivity index (χ2v) is 6.84. The van der Waals surface area contributed by atoms with E-state index < -0.39 is 23.9 Å². The Morgan fingerprint density at radius 3 is 2.67 bits per heavy atom. The van der Waals surface area contributed by atoms with E-state index in [4.69, 9.17) is 14.4 Å². The van der Waals surface area contributed by atoms with E-state index in [1.807, 2.05) is 0 Å². The average Bonchev–Trinajstić information content (AvgIpc) is 3.05. The number of aromatic nitrogens is 2. The highest BCUT2D eigenvalue weighted by Crippen LogP contribution is 2.34. The molecule has 0 aliphatic carbocycles. The lowest BCUT2D eigenvalue weighted by Gasteiger charge is -2.22. The number of methoxy groups -OCH3 is 1. The first-order valence-corrected chi connectivity index (χ1v) is 9.14. The maximum atomic E-state index is 11.8. The number of nitrogens with one attached hydrogen (secondary N) is 1. The van der Waals surface area contributed by atoms with E-state index in [1.165, 1.54) is 18.9 Å². The molecule has 10 heteroatoms. The van der Waals surface area contributed by atoms with Crippen LogP contribution in [0.1, 0.15) is 38.6 Å². The van der Waals surface area contributed by atoms with Crippen LogP contribution in [0.4, 0.5) is 0 Å². The van der Waals surface area contributed by atoms with Gasteiger partial charge in [-0.2, -0.15) is 4.98 Å². The zero-order valence-corrected chi connectivity index (χ0v) is 16.0. The lowest BCUT2D eigenvalue weighted by molar-refractivity contribution is -0.124. The highest BCUT2D eigenvalue weighted by molar-refractivity contribution is 7.99. The van der Waals surface area contributed by atoms with Gasteiger partial charge in [0.05, 0.1) is 12.7 Å². The summed E-state index contributed by atoms with van der Waals surface area (Å²) in [6, 6.07) is 3.25. The first kappa shape index (κ1) is 20.7. The normalized spacial score (nSPS) is 11.9. The Morgan fingerprint density at radius 2 is 2.11 bits per heavy atom. The van der Waals surface area contributed by atoms with E-state index in [-0.39, 0.29) is 5.56 Å². The van der Waals surface area contributed by atoms with E-state index in [0.717, 1.165) is 0 Å². The van der Waals surface area contributed by atoms with Crippen LogP contribution in [-0.4, -0.2) is 51.7 Å². The third-order valence-electron chi connectivity index (χ3n) is 3.77. The standard InChI is InChI=1S/C17H21N3O6S/c1-9-12(25-3)5-4-11(15(9)17(23)24)16(19-13(22)8-21)27-7-6-14-18-10(2)20-26-14/h4-5,16,21H,6-8H2,1-3H3,(H,19,22)(H,23,24). The molecule has 0 saturated heterocycles. The summed E-state index contributed by atoms with van der Waals surface area (Å²) in [5.74, 6) is 0.177. The van der Waals surface area contributed by atoms with E-state index in [9.17, 15) is 14.7 Å². The summed E-state index contributed by atoms with van der Waals surface area (Å²) in [4.78, 5) is 27.7.